The topological polar surface area (TPSA) is 41.1 Å². The molecule has 0 aliphatic carbocycles. The van der Waals surface area contributed by atoms with Crippen molar-refractivity contribution >= 4 is 29.0 Å². The first-order chi connectivity index (χ1) is 13.3. The molecule has 0 bridgehead atoms. The van der Waals surface area contributed by atoms with Crippen LogP contribution in [0.1, 0.15) is 36.9 Å². The fraction of sp³-hybridized carbons (Fsp3) is 0.273. The van der Waals surface area contributed by atoms with Crippen molar-refractivity contribution in [2.75, 3.05) is 16.8 Å². The van der Waals surface area contributed by atoms with Gasteiger partial charge in [0.1, 0.15) is 17.0 Å². The molecule has 5 rings (SSSR count). The second-order valence-corrected chi connectivity index (χ2v) is 8.10. The first kappa shape index (κ1) is 16.6. The fourth-order valence-corrected chi connectivity index (χ4v) is 4.99. The van der Waals surface area contributed by atoms with E-state index in [2.05, 4.69) is 64.6 Å². The average Bonchev–Trinajstić information content (AvgIpc) is 3.08. The second kappa shape index (κ2) is 6.89. The molecule has 0 spiro atoms. The highest BCUT2D eigenvalue weighted by Gasteiger charge is 2.33. The van der Waals surface area contributed by atoms with Crippen LogP contribution in [0, 0.1) is 0 Å². The summed E-state index contributed by atoms with van der Waals surface area (Å²) in [6, 6.07) is 17.4. The van der Waals surface area contributed by atoms with E-state index < -0.39 is 0 Å². The van der Waals surface area contributed by atoms with Crippen LogP contribution in [0.3, 0.4) is 0 Å². The van der Waals surface area contributed by atoms with Gasteiger partial charge in [-0.05, 0) is 36.1 Å². The van der Waals surface area contributed by atoms with Crippen LogP contribution in [-0.4, -0.2) is 16.5 Å². The van der Waals surface area contributed by atoms with Crippen LogP contribution in [0.4, 0.5) is 17.2 Å². The number of hydrogen-bond acceptors (Lipinski definition) is 5. The van der Waals surface area contributed by atoms with Crippen LogP contribution < -0.4 is 10.2 Å². The lowest BCUT2D eigenvalue weighted by Gasteiger charge is -2.20. The predicted molar refractivity (Wildman–Crippen MR) is 111 cm³/mol. The third-order valence-corrected chi connectivity index (χ3v) is 6.31. The summed E-state index contributed by atoms with van der Waals surface area (Å²) in [5, 5.41) is 4.80. The number of benzene rings is 2. The van der Waals surface area contributed by atoms with E-state index in [0.29, 0.717) is 0 Å². The first-order valence-electron chi connectivity index (χ1n) is 9.59. The Kier molecular flexibility index (Phi) is 4.24. The zero-order valence-electron chi connectivity index (χ0n) is 15.4. The smallest absolute Gasteiger partial charge is 0.161 e. The molecular weight excluding hydrogens is 352 g/mol. The van der Waals surface area contributed by atoms with Crippen LogP contribution in [0.15, 0.2) is 64.8 Å². The summed E-state index contributed by atoms with van der Waals surface area (Å²) in [6.07, 6.45) is 5.00. The van der Waals surface area contributed by atoms with Crippen molar-refractivity contribution in [3.05, 3.63) is 66.0 Å². The Hall–Kier alpha value is -2.53. The van der Waals surface area contributed by atoms with Gasteiger partial charge in [0.15, 0.2) is 5.82 Å². The number of aromatic nitrogens is 2. The van der Waals surface area contributed by atoms with Gasteiger partial charge >= 0.3 is 0 Å². The predicted octanol–water partition coefficient (Wildman–Crippen LogP) is 5.59. The molecule has 5 heteroatoms. The molecule has 1 atom stereocenters. The molecule has 0 saturated carbocycles. The van der Waals surface area contributed by atoms with E-state index >= 15 is 0 Å². The summed E-state index contributed by atoms with van der Waals surface area (Å²) >= 11 is 1.70. The van der Waals surface area contributed by atoms with Gasteiger partial charge in [-0.25, -0.2) is 9.97 Å². The van der Waals surface area contributed by atoms with Gasteiger partial charge in [0.2, 0.25) is 0 Å². The quantitative estimate of drug-likeness (QED) is 0.603. The van der Waals surface area contributed by atoms with Gasteiger partial charge in [0, 0.05) is 11.4 Å². The summed E-state index contributed by atoms with van der Waals surface area (Å²) in [5.74, 6) is 1.01. The highest BCUT2D eigenvalue weighted by molar-refractivity contribution is 7.99. The second-order valence-electron chi connectivity index (χ2n) is 7.03. The Morgan fingerprint density at radius 2 is 2.00 bits per heavy atom. The van der Waals surface area contributed by atoms with Crippen molar-refractivity contribution in [2.45, 2.75) is 42.1 Å². The molecule has 1 unspecified atom stereocenters. The van der Waals surface area contributed by atoms with E-state index in [4.69, 9.17) is 4.98 Å². The molecule has 2 aromatic carbocycles. The number of nitrogens with zero attached hydrogens (tertiary/aromatic N) is 3. The summed E-state index contributed by atoms with van der Waals surface area (Å²) in [5.41, 5.74) is 5.24. The lowest BCUT2D eigenvalue weighted by Crippen LogP contribution is -2.16. The molecule has 1 aromatic heterocycles. The summed E-state index contributed by atoms with van der Waals surface area (Å²) in [6.45, 7) is 3.22. The van der Waals surface area contributed by atoms with Gasteiger partial charge in [-0.2, -0.15) is 0 Å². The zero-order chi connectivity index (χ0) is 18.2. The molecule has 0 amide bonds. The molecule has 0 radical (unpaired) electrons. The number of rotatable bonds is 4. The minimum absolute atomic E-state index is 0.285. The van der Waals surface area contributed by atoms with E-state index in [0.717, 1.165) is 42.3 Å². The molecule has 3 aromatic rings. The Morgan fingerprint density at radius 1 is 1.11 bits per heavy atom. The van der Waals surface area contributed by atoms with Crippen LogP contribution in [0.5, 0.6) is 0 Å². The number of nitrogens with one attached hydrogen (secondary N) is 1. The molecule has 1 N–H and O–H groups in total. The third kappa shape index (κ3) is 2.86. The van der Waals surface area contributed by atoms with Crippen molar-refractivity contribution in [2.24, 2.45) is 0 Å². The maximum absolute atomic E-state index is 4.70. The summed E-state index contributed by atoms with van der Waals surface area (Å²) in [7, 11) is 0. The SMILES string of the molecule is CCCC1Nc2c(Sc3ccccc3)ncnc2N2CCc3cccc1c32. The highest BCUT2D eigenvalue weighted by Crippen LogP contribution is 2.49. The Balaban J connectivity index is 1.64. The maximum Gasteiger partial charge on any atom is 0.161 e. The van der Waals surface area contributed by atoms with Gasteiger partial charge in [-0.3, -0.25) is 0 Å². The van der Waals surface area contributed by atoms with E-state index in [-0.39, 0.29) is 6.04 Å². The van der Waals surface area contributed by atoms with Gasteiger partial charge in [-0.1, -0.05) is 61.5 Å². The van der Waals surface area contributed by atoms with E-state index in [1.54, 1.807) is 18.1 Å². The molecule has 0 saturated heterocycles. The van der Waals surface area contributed by atoms with Gasteiger partial charge in [0.25, 0.3) is 0 Å². The van der Waals surface area contributed by atoms with Crippen LogP contribution in [0.2, 0.25) is 0 Å². The van der Waals surface area contributed by atoms with Crippen molar-refractivity contribution < 1.29 is 0 Å². The number of para-hydroxylation sites is 1. The lowest BCUT2D eigenvalue weighted by molar-refractivity contribution is 0.678. The molecule has 2 aliphatic heterocycles. The van der Waals surface area contributed by atoms with Crippen LogP contribution in [-0.2, 0) is 6.42 Å². The van der Waals surface area contributed by atoms with E-state index in [1.165, 1.54) is 21.7 Å². The van der Waals surface area contributed by atoms with Crippen molar-refractivity contribution in [3.63, 3.8) is 0 Å². The standard InChI is InChI=1S/C22H22N4S/c1-2-7-18-17-11-6-8-15-12-13-26(20(15)17)21-19(25-18)22(24-14-23-21)27-16-9-4-3-5-10-16/h3-6,8-11,14,18,25H,2,7,12-13H2,1H3. The van der Waals surface area contributed by atoms with Crippen molar-refractivity contribution in [3.8, 4) is 0 Å². The molecule has 27 heavy (non-hydrogen) atoms. The van der Waals surface area contributed by atoms with Gasteiger partial charge < -0.3 is 10.2 Å². The lowest BCUT2D eigenvalue weighted by atomic mass is 9.98. The Morgan fingerprint density at radius 3 is 2.85 bits per heavy atom. The first-order valence-corrected chi connectivity index (χ1v) is 10.4. The molecular formula is C22H22N4S. The average molecular weight is 375 g/mol. The molecule has 4 nitrogen and oxygen atoms in total. The normalized spacial score (nSPS) is 17.1. The third-order valence-electron chi connectivity index (χ3n) is 5.30. The molecule has 2 aliphatic rings. The number of hydrogen-bond donors (Lipinski definition) is 1. The van der Waals surface area contributed by atoms with Crippen LogP contribution >= 0.6 is 11.8 Å². The van der Waals surface area contributed by atoms with Gasteiger partial charge in [0.05, 0.1) is 11.7 Å². The number of anilines is 3. The van der Waals surface area contributed by atoms with Crippen molar-refractivity contribution in [1.82, 2.24) is 9.97 Å². The molecule has 136 valence electrons. The fourth-order valence-electron chi connectivity index (χ4n) is 4.12. The van der Waals surface area contributed by atoms with E-state index in [9.17, 15) is 0 Å². The summed E-state index contributed by atoms with van der Waals surface area (Å²) < 4.78 is 0. The monoisotopic (exact) mass is 374 g/mol. The summed E-state index contributed by atoms with van der Waals surface area (Å²) in [4.78, 5) is 12.9. The maximum atomic E-state index is 4.70. The minimum Gasteiger partial charge on any atom is -0.373 e. The van der Waals surface area contributed by atoms with Crippen molar-refractivity contribution in [1.29, 1.82) is 0 Å². The largest absolute Gasteiger partial charge is 0.373 e. The van der Waals surface area contributed by atoms with Crippen LogP contribution in [0.25, 0.3) is 0 Å². The zero-order valence-corrected chi connectivity index (χ0v) is 16.2. The minimum atomic E-state index is 0.285. The molecule has 0 fully saturated rings. The number of fused-ring (bicyclic) bond motifs is 2. The Labute approximate surface area is 164 Å². The van der Waals surface area contributed by atoms with Gasteiger partial charge in [-0.15, -0.1) is 0 Å². The Bertz CT molecular complexity index is 973. The highest BCUT2D eigenvalue weighted by atomic mass is 32.2. The van der Waals surface area contributed by atoms with E-state index in [1.807, 2.05) is 6.07 Å². The molecule has 3 heterocycles.